The van der Waals surface area contributed by atoms with Crippen LogP contribution in [0.25, 0.3) is 5.69 Å². The lowest BCUT2D eigenvalue weighted by molar-refractivity contribution is -0.136. The Balaban J connectivity index is 1.72. The number of carbonyl (C=O) groups is 2. The fourth-order valence-electron chi connectivity index (χ4n) is 3.25. The van der Waals surface area contributed by atoms with E-state index < -0.39 is 11.8 Å². The molecule has 8 nitrogen and oxygen atoms in total. The molecule has 0 aliphatic carbocycles. The third-order valence-corrected chi connectivity index (χ3v) is 5.39. The van der Waals surface area contributed by atoms with Gasteiger partial charge in [-0.15, -0.1) is 0 Å². The van der Waals surface area contributed by atoms with Gasteiger partial charge in [-0.05, 0) is 50.2 Å². The van der Waals surface area contributed by atoms with E-state index in [0.29, 0.717) is 27.2 Å². The second kappa shape index (κ2) is 10.4. The predicted octanol–water partition coefficient (Wildman–Crippen LogP) is 4.51. The summed E-state index contributed by atoms with van der Waals surface area (Å²) in [4.78, 5) is 24.5. The standard InChI is InChI=1S/C23H22Cl2N4O4/c1-13-9-15(14(2)29(13)20-7-5-16(24)10-18(20)25)12-26-28-23(31)22(30)27-19-11-17(32-3)6-8-21(19)33-4/h5-12H,1-4H3,(H,27,30)(H,28,31)/b26-12-. The molecule has 172 valence electrons. The average Bonchev–Trinajstić information content (AvgIpc) is 3.06. The Morgan fingerprint density at radius 1 is 1.00 bits per heavy atom. The molecule has 0 aliphatic heterocycles. The average molecular weight is 489 g/mol. The minimum absolute atomic E-state index is 0.296. The van der Waals surface area contributed by atoms with Gasteiger partial charge < -0.3 is 19.4 Å². The number of nitrogens with zero attached hydrogens (tertiary/aromatic N) is 2. The molecule has 0 spiro atoms. The maximum absolute atomic E-state index is 12.3. The first-order valence-electron chi connectivity index (χ1n) is 9.76. The van der Waals surface area contributed by atoms with Gasteiger partial charge >= 0.3 is 11.8 Å². The molecule has 0 atom stereocenters. The number of hydrogen-bond donors (Lipinski definition) is 2. The first-order chi connectivity index (χ1) is 15.7. The summed E-state index contributed by atoms with van der Waals surface area (Å²) in [6.45, 7) is 3.81. The Kier molecular flexibility index (Phi) is 7.63. The van der Waals surface area contributed by atoms with Crippen LogP contribution in [0.4, 0.5) is 5.69 Å². The van der Waals surface area contributed by atoms with E-state index in [-0.39, 0.29) is 0 Å². The van der Waals surface area contributed by atoms with Crippen LogP contribution in [-0.2, 0) is 9.59 Å². The molecule has 2 N–H and O–H groups in total. The zero-order valence-corrected chi connectivity index (χ0v) is 19.9. The van der Waals surface area contributed by atoms with Gasteiger partial charge in [-0.2, -0.15) is 5.10 Å². The first kappa shape index (κ1) is 24.2. The number of methoxy groups -OCH3 is 2. The van der Waals surface area contributed by atoms with E-state index in [2.05, 4.69) is 15.8 Å². The van der Waals surface area contributed by atoms with E-state index in [1.54, 1.807) is 30.3 Å². The van der Waals surface area contributed by atoms with Crippen molar-refractivity contribution < 1.29 is 19.1 Å². The SMILES string of the molecule is COc1ccc(OC)c(NC(=O)C(=O)N/N=C\c2cc(C)n(-c3ccc(Cl)cc3Cl)c2C)c1. The summed E-state index contributed by atoms with van der Waals surface area (Å²) in [7, 11) is 2.95. The number of amides is 2. The lowest BCUT2D eigenvalue weighted by atomic mass is 10.2. The number of anilines is 1. The highest BCUT2D eigenvalue weighted by atomic mass is 35.5. The van der Waals surface area contributed by atoms with Crippen molar-refractivity contribution in [3.63, 3.8) is 0 Å². The number of carbonyl (C=O) groups excluding carboxylic acids is 2. The van der Waals surface area contributed by atoms with Gasteiger partial charge in [0.25, 0.3) is 0 Å². The second-order valence-corrected chi connectivity index (χ2v) is 7.82. The van der Waals surface area contributed by atoms with Gasteiger partial charge in [-0.25, -0.2) is 5.43 Å². The summed E-state index contributed by atoms with van der Waals surface area (Å²) >= 11 is 12.3. The summed E-state index contributed by atoms with van der Waals surface area (Å²) < 4.78 is 12.3. The molecule has 0 radical (unpaired) electrons. The van der Waals surface area contributed by atoms with Crippen molar-refractivity contribution in [3.8, 4) is 17.2 Å². The summed E-state index contributed by atoms with van der Waals surface area (Å²) in [6.07, 6.45) is 1.46. The number of benzene rings is 2. The van der Waals surface area contributed by atoms with Crippen LogP contribution in [0.1, 0.15) is 17.0 Å². The number of halogens is 2. The number of hydrogen-bond acceptors (Lipinski definition) is 5. The van der Waals surface area contributed by atoms with Gasteiger partial charge in [-0.3, -0.25) is 9.59 Å². The van der Waals surface area contributed by atoms with Crippen molar-refractivity contribution in [3.05, 3.63) is 69.5 Å². The molecule has 0 bridgehead atoms. The van der Waals surface area contributed by atoms with Crippen molar-refractivity contribution in [2.45, 2.75) is 13.8 Å². The third-order valence-electron chi connectivity index (χ3n) is 4.85. The van der Waals surface area contributed by atoms with Crippen LogP contribution in [0.5, 0.6) is 11.5 Å². The Labute approximate surface area is 201 Å². The molecule has 3 rings (SSSR count). The maximum Gasteiger partial charge on any atom is 0.329 e. The smallest absolute Gasteiger partial charge is 0.329 e. The second-order valence-electron chi connectivity index (χ2n) is 6.98. The molecule has 0 aliphatic rings. The number of aryl methyl sites for hydroxylation is 1. The Bertz CT molecular complexity index is 1240. The van der Waals surface area contributed by atoms with Crippen molar-refractivity contribution in [2.24, 2.45) is 5.10 Å². The van der Waals surface area contributed by atoms with Crippen LogP contribution in [0.3, 0.4) is 0 Å². The lowest BCUT2D eigenvalue weighted by Gasteiger charge is -2.12. The lowest BCUT2D eigenvalue weighted by Crippen LogP contribution is -2.32. The first-order valence-corrected chi connectivity index (χ1v) is 10.5. The molecule has 1 aromatic heterocycles. The Hall–Kier alpha value is -3.49. The predicted molar refractivity (Wildman–Crippen MR) is 129 cm³/mol. The molecular weight excluding hydrogens is 467 g/mol. The van der Waals surface area contributed by atoms with E-state index in [4.69, 9.17) is 32.7 Å². The fourth-order valence-corrected chi connectivity index (χ4v) is 3.75. The zero-order chi connectivity index (χ0) is 24.1. The van der Waals surface area contributed by atoms with Gasteiger partial charge in [0.2, 0.25) is 0 Å². The number of rotatable bonds is 6. The summed E-state index contributed by atoms with van der Waals surface area (Å²) in [6, 6.07) is 12.0. The van der Waals surface area contributed by atoms with Gasteiger partial charge in [0.15, 0.2) is 0 Å². The van der Waals surface area contributed by atoms with E-state index in [1.807, 2.05) is 30.5 Å². The topological polar surface area (TPSA) is 93.9 Å². The molecule has 2 amide bonds. The minimum atomic E-state index is -0.939. The molecule has 0 saturated carbocycles. The van der Waals surface area contributed by atoms with E-state index >= 15 is 0 Å². The number of aromatic nitrogens is 1. The quantitative estimate of drug-likeness (QED) is 0.303. The molecule has 10 heteroatoms. The van der Waals surface area contributed by atoms with Crippen LogP contribution in [0, 0.1) is 13.8 Å². The minimum Gasteiger partial charge on any atom is -0.497 e. The number of hydrazone groups is 1. The summed E-state index contributed by atoms with van der Waals surface area (Å²) in [5, 5.41) is 7.45. The van der Waals surface area contributed by atoms with Gasteiger partial charge in [0.05, 0.1) is 36.8 Å². The van der Waals surface area contributed by atoms with Crippen LogP contribution in [-0.4, -0.2) is 36.8 Å². The number of nitrogens with one attached hydrogen (secondary N) is 2. The monoisotopic (exact) mass is 488 g/mol. The van der Waals surface area contributed by atoms with Crippen LogP contribution >= 0.6 is 23.2 Å². The van der Waals surface area contributed by atoms with Crippen LogP contribution in [0.2, 0.25) is 10.0 Å². The zero-order valence-electron chi connectivity index (χ0n) is 18.4. The third kappa shape index (κ3) is 5.47. The summed E-state index contributed by atoms with van der Waals surface area (Å²) in [5.41, 5.74) is 5.79. The van der Waals surface area contributed by atoms with Crippen LogP contribution in [0.15, 0.2) is 47.6 Å². The van der Waals surface area contributed by atoms with Crippen molar-refractivity contribution >= 4 is 46.9 Å². The molecular formula is C23H22Cl2N4O4. The number of ether oxygens (including phenoxy) is 2. The maximum atomic E-state index is 12.3. The highest BCUT2D eigenvalue weighted by molar-refractivity contribution is 6.39. The van der Waals surface area contributed by atoms with Crippen molar-refractivity contribution in [2.75, 3.05) is 19.5 Å². The van der Waals surface area contributed by atoms with Gasteiger partial charge in [0.1, 0.15) is 11.5 Å². The Morgan fingerprint density at radius 3 is 2.42 bits per heavy atom. The molecule has 1 heterocycles. The normalized spacial score (nSPS) is 10.8. The van der Waals surface area contributed by atoms with E-state index in [1.165, 1.54) is 20.4 Å². The van der Waals surface area contributed by atoms with Crippen molar-refractivity contribution in [1.82, 2.24) is 9.99 Å². The van der Waals surface area contributed by atoms with Gasteiger partial charge in [0, 0.05) is 28.0 Å². The van der Waals surface area contributed by atoms with Crippen LogP contribution < -0.4 is 20.2 Å². The molecule has 0 saturated heterocycles. The summed E-state index contributed by atoms with van der Waals surface area (Å²) in [5.74, 6) is -0.961. The largest absolute Gasteiger partial charge is 0.497 e. The molecule has 33 heavy (non-hydrogen) atoms. The highest BCUT2D eigenvalue weighted by Gasteiger charge is 2.17. The molecule has 0 fully saturated rings. The van der Waals surface area contributed by atoms with E-state index in [0.717, 1.165) is 22.6 Å². The van der Waals surface area contributed by atoms with Gasteiger partial charge in [-0.1, -0.05) is 23.2 Å². The molecule has 0 unspecified atom stereocenters. The molecule has 2 aromatic carbocycles. The molecule has 3 aromatic rings. The van der Waals surface area contributed by atoms with Crippen molar-refractivity contribution in [1.29, 1.82) is 0 Å². The van der Waals surface area contributed by atoms with E-state index in [9.17, 15) is 9.59 Å². The fraction of sp³-hybridized carbons (Fsp3) is 0.174. The Morgan fingerprint density at radius 2 is 1.76 bits per heavy atom. The highest BCUT2D eigenvalue weighted by Crippen LogP contribution is 2.29.